The average molecular weight is 734 g/mol. The number of rotatable bonds is 3. The van der Waals surface area contributed by atoms with Gasteiger partial charge in [0.1, 0.15) is 5.60 Å². The summed E-state index contributed by atoms with van der Waals surface area (Å²) in [6.07, 6.45) is 10.1. The van der Waals surface area contributed by atoms with Crippen molar-refractivity contribution >= 4 is 41.7 Å². The summed E-state index contributed by atoms with van der Waals surface area (Å²) in [5.41, 5.74) is 15.9. The number of ether oxygens (including phenoxy) is 2. The Labute approximate surface area is 310 Å². The number of alkyl carbamates (subject to hydrolysis) is 1. The number of halogens is 3. The van der Waals surface area contributed by atoms with Gasteiger partial charge in [-0.05, 0) is 90.3 Å². The van der Waals surface area contributed by atoms with E-state index in [9.17, 15) is 4.79 Å². The number of nitrogens with two attached hydrogens (primary N) is 2. The molecule has 0 radical (unpaired) electrons. The summed E-state index contributed by atoms with van der Waals surface area (Å²) in [6, 6.07) is 5.90. The van der Waals surface area contributed by atoms with Crippen molar-refractivity contribution in [3.63, 3.8) is 0 Å². The van der Waals surface area contributed by atoms with Gasteiger partial charge >= 0.3 is 6.09 Å². The lowest BCUT2D eigenvalue weighted by molar-refractivity contribution is 0.0535. The van der Waals surface area contributed by atoms with Gasteiger partial charge in [0, 0.05) is 67.1 Å². The molecule has 3 heterocycles. The summed E-state index contributed by atoms with van der Waals surface area (Å²) in [5, 5.41) is 2.76. The van der Waals surface area contributed by atoms with Gasteiger partial charge in [-0.2, -0.15) is 0 Å². The van der Waals surface area contributed by atoms with Gasteiger partial charge in [0.05, 0.1) is 25.0 Å². The molecule has 3 aromatic rings. The highest BCUT2D eigenvalue weighted by Crippen LogP contribution is 2.06. The minimum Gasteiger partial charge on any atom is -0.444 e. The van der Waals surface area contributed by atoms with Crippen molar-refractivity contribution in [3.05, 3.63) is 88.8 Å². The Balaban J connectivity index is -0.000000595. The fraction of sp³-hybridized carbons (Fsp3) is 0.405. The SMILES string of the molecule is CCOCC.Cc1cncc(C#CCN)c1.Cc1cncc(C#CCN)c1.Cc1cncc(C#CCNC(=O)OC(C)(C)C)c1.Cl.ClCCl. The molecule has 9 nitrogen and oxygen atoms in total. The molecule has 0 atom stereocenters. The van der Waals surface area contributed by atoms with E-state index in [4.69, 9.17) is 44.1 Å². The normalized spacial score (nSPS) is 8.82. The van der Waals surface area contributed by atoms with Crippen LogP contribution in [-0.2, 0) is 9.47 Å². The maximum Gasteiger partial charge on any atom is 0.408 e. The maximum atomic E-state index is 11.3. The zero-order valence-corrected chi connectivity index (χ0v) is 32.2. The van der Waals surface area contributed by atoms with Gasteiger partial charge in [-0.15, -0.1) is 35.6 Å². The quantitative estimate of drug-likeness (QED) is 0.204. The molecular formula is C37H51Cl3N6O3. The van der Waals surface area contributed by atoms with Crippen LogP contribution in [0.3, 0.4) is 0 Å². The van der Waals surface area contributed by atoms with E-state index in [1.807, 2.05) is 73.6 Å². The smallest absolute Gasteiger partial charge is 0.408 e. The molecule has 0 aliphatic heterocycles. The van der Waals surface area contributed by atoms with Crippen molar-refractivity contribution in [2.45, 2.75) is 61.0 Å². The molecule has 0 fully saturated rings. The van der Waals surface area contributed by atoms with E-state index in [1.165, 1.54) is 0 Å². The number of carbonyl (C=O) groups excluding carboxylic acids is 1. The van der Waals surface area contributed by atoms with Gasteiger partial charge in [0.2, 0.25) is 0 Å². The van der Waals surface area contributed by atoms with E-state index >= 15 is 0 Å². The topological polar surface area (TPSA) is 138 Å². The Hall–Kier alpha value is -3.85. The second-order valence-electron chi connectivity index (χ2n) is 10.3. The van der Waals surface area contributed by atoms with E-state index in [0.29, 0.717) is 13.1 Å². The molecule has 0 aliphatic rings. The number of carbonyl (C=O) groups is 1. The number of aromatic nitrogens is 3. The number of hydrogen-bond acceptors (Lipinski definition) is 8. The van der Waals surface area contributed by atoms with E-state index in [0.717, 1.165) is 46.6 Å². The minimum absolute atomic E-state index is 0. The predicted octanol–water partition coefficient (Wildman–Crippen LogP) is 6.55. The highest BCUT2D eigenvalue weighted by atomic mass is 35.5. The van der Waals surface area contributed by atoms with Crippen molar-refractivity contribution < 1.29 is 14.3 Å². The Morgan fingerprint density at radius 1 is 0.735 bits per heavy atom. The van der Waals surface area contributed by atoms with Crippen molar-refractivity contribution in [2.24, 2.45) is 11.5 Å². The highest BCUT2D eigenvalue weighted by Gasteiger charge is 2.14. The Kier molecular flexibility index (Phi) is 33.0. The number of aryl methyl sites for hydroxylation is 3. The first kappa shape index (κ1) is 49.5. The van der Waals surface area contributed by atoms with Gasteiger partial charge in [0.25, 0.3) is 0 Å². The first-order valence-corrected chi connectivity index (χ1v) is 16.2. The summed E-state index contributed by atoms with van der Waals surface area (Å²) >= 11 is 9.53. The second-order valence-corrected chi connectivity index (χ2v) is 11.1. The first-order chi connectivity index (χ1) is 22.8. The van der Waals surface area contributed by atoms with Crippen LogP contribution in [0.4, 0.5) is 4.79 Å². The summed E-state index contributed by atoms with van der Waals surface area (Å²) in [6.45, 7) is 18.1. The fourth-order valence-corrected chi connectivity index (χ4v) is 2.96. The molecule has 0 unspecified atom stereocenters. The van der Waals surface area contributed by atoms with Crippen LogP contribution < -0.4 is 16.8 Å². The van der Waals surface area contributed by atoms with Crippen LogP contribution >= 0.6 is 35.6 Å². The largest absolute Gasteiger partial charge is 0.444 e. The van der Waals surface area contributed by atoms with Crippen LogP contribution in [0, 0.1) is 56.3 Å². The standard InChI is InChI=1S/C14H18N2O2.2C9H10N2.C4H10O.CH2Cl2.ClH/c1-11-8-12(10-15-9-11)6-5-7-16-13(17)18-14(2,3)4;2*1-8-5-9(3-2-4-10)7-11-6-8;1-3-5-4-2;2-1-3;/h8-10H,7H2,1-4H3,(H,16,17);2*5-7H,4,10H2,1H3;3-4H2,1-2H3;1H2;1H. The van der Waals surface area contributed by atoms with E-state index in [-0.39, 0.29) is 24.3 Å². The lowest BCUT2D eigenvalue weighted by Gasteiger charge is -2.18. The van der Waals surface area contributed by atoms with Crippen molar-refractivity contribution in [3.8, 4) is 35.5 Å². The highest BCUT2D eigenvalue weighted by molar-refractivity contribution is 6.40. The molecular weight excluding hydrogens is 683 g/mol. The number of hydrogen-bond donors (Lipinski definition) is 3. The molecule has 0 aromatic carbocycles. The Morgan fingerprint density at radius 2 is 1.08 bits per heavy atom. The summed E-state index contributed by atoms with van der Waals surface area (Å²) in [5.74, 6) is 17.1. The fourth-order valence-electron chi connectivity index (χ4n) is 2.96. The van der Waals surface area contributed by atoms with Gasteiger partial charge in [-0.1, -0.05) is 35.5 Å². The molecule has 0 saturated heterocycles. The van der Waals surface area contributed by atoms with Crippen molar-refractivity contribution in [1.29, 1.82) is 0 Å². The monoisotopic (exact) mass is 732 g/mol. The molecule has 268 valence electrons. The predicted molar refractivity (Wildman–Crippen MR) is 206 cm³/mol. The number of nitrogens with one attached hydrogen (secondary N) is 1. The maximum absolute atomic E-state index is 11.3. The van der Waals surface area contributed by atoms with Crippen LogP contribution in [0.25, 0.3) is 0 Å². The van der Waals surface area contributed by atoms with Gasteiger partial charge < -0.3 is 26.3 Å². The zero-order valence-electron chi connectivity index (χ0n) is 29.8. The number of alkyl halides is 2. The van der Waals surface area contributed by atoms with Crippen LogP contribution in [0.1, 0.15) is 68.0 Å². The number of amides is 1. The molecule has 3 rings (SSSR count). The third kappa shape index (κ3) is 33.8. The molecule has 0 aliphatic carbocycles. The van der Waals surface area contributed by atoms with E-state index in [1.54, 1.807) is 37.2 Å². The summed E-state index contributed by atoms with van der Waals surface area (Å²) < 4.78 is 9.91. The third-order valence-electron chi connectivity index (χ3n) is 4.66. The van der Waals surface area contributed by atoms with Gasteiger partial charge in [-0.25, -0.2) is 4.79 Å². The number of nitrogens with zero attached hydrogens (tertiary/aromatic N) is 3. The molecule has 5 N–H and O–H groups in total. The second kappa shape index (κ2) is 32.7. The van der Waals surface area contributed by atoms with Gasteiger partial charge in [-0.3, -0.25) is 15.0 Å². The van der Waals surface area contributed by atoms with E-state index in [2.05, 4.69) is 55.8 Å². The zero-order chi connectivity index (χ0) is 36.6. The van der Waals surface area contributed by atoms with Crippen LogP contribution in [0.5, 0.6) is 0 Å². The summed E-state index contributed by atoms with van der Waals surface area (Å²) in [7, 11) is 0. The molecule has 0 spiro atoms. The Bertz CT molecular complexity index is 1430. The number of pyridine rings is 3. The molecule has 0 saturated carbocycles. The minimum atomic E-state index is -0.488. The molecule has 1 amide bonds. The lowest BCUT2D eigenvalue weighted by atomic mass is 10.2. The lowest BCUT2D eigenvalue weighted by Crippen LogP contribution is -2.32. The van der Waals surface area contributed by atoms with Crippen LogP contribution in [0.2, 0.25) is 0 Å². The van der Waals surface area contributed by atoms with Gasteiger partial charge in [0.15, 0.2) is 0 Å². The summed E-state index contributed by atoms with van der Waals surface area (Å²) in [4.78, 5) is 23.3. The first-order valence-electron chi connectivity index (χ1n) is 15.1. The molecule has 12 heteroatoms. The molecule has 3 aromatic heterocycles. The third-order valence-corrected chi connectivity index (χ3v) is 4.66. The van der Waals surface area contributed by atoms with E-state index < -0.39 is 11.7 Å². The van der Waals surface area contributed by atoms with Crippen LogP contribution in [-0.4, -0.2) is 64.8 Å². The molecule has 0 bridgehead atoms. The van der Waals surface area contributed by atoms with Crippen LogP contribution in [0.15, 0.2) is 55.4 Å². The van der Waals surface area contributed by atoms with Crippen molar-refractivity contribution in [1.82, 2.24) is 20.3 Å². The Morgan fingerprint density at radius 3 is 1.35 bits per heavy atom. The molecule has 49 heavy (non-hydrogen) atoms. The van der Waals surface area contributed by atoms with Crippen molar-refractivity contribution in [2.75, 3.05) is 38.2 Å². The average Bonchev–Trinajstić information content (AvgIpc) is 3.02.